The molecule has 0 bridgehead atoms. The molecule has 3 rings (SSSR count). The Balaban J connectivity index is 1.85. The van der Waals surface area contributed by atoms with Gasteiger partial charge >= 0.3 is 0 Å². The molecule has 0 spiro atoms. The van der Waals surface area contributed by atoms with Gasteiger partial charge in [-0.2, -0.15) is 4.68 Å². The van der Waals surface area contributed by atoms with E-state index in [9.17, 15) is 13.6 Å². The van der Waals surface area contributed by atoms with Crippen LogP contribution < -0.4 is 0 Å². The number of aromatic nitrogens is 4. The standard InChI is InChI=1S/C18H16F2N4OS/c1-10-4-5-11(2)16(8-10)24-18(21-22-23-24)26-12(3)17(25)13-6-7-14(19)15(20)9-13/h4-9,12H,1-3H3. The van der Waals surface area contributed by atoms with Crippen molar-refractivity contribution in [2.45, 2.75) is 31.2 Å². The minimum Gasteiger partial charge on any atom is -0.293 e. The van der Waals surface area contributed by atoms with E-state index in [2.05, 4.69) is 15.5 Å². The van der Waals surface area contributed by atoms with Crippen molar-refractivity contribution < 1.29 is 13.6 Å². The van der Waals surface area contributed by atoms with Crippen molar-refractivity contribution in [3.8, 4) is 5.69 Å². The van der Waals surface area contributed by atoms with E-state index in [0.717, 1.165) is 40.7 Å². The first-order valence-corrected chi connectivity index (χ1v) is 8.76. The molecule has 134 valence electrons. The van der Waals surface area contributed by atoms with Gasteiger partial charge < -0.3 is 0 Å². The van der Waals surface area contributed by atoms with Crippen molar-refractivity contribution in [3.63, 3.8) is 0 Å². The fourth-order valence-corrected chi connectivity index (χ4v) is 3.32. The zero-order valence-electron chi connectivity index (χ0n) is 14.4. The van der Waals surface area contributed by atoms with Gasteiger partial charge in [0.25, 0.3) is 0 Å². The maximum atomic E-state index is 13.4. The van der Waals surface area contributed by atoms with Gasteiger partial charge in [-0.15, -0.1) is 5.10 Å². The third-order valence-corrected chi connectivity index (χ3v) is 4.92. The smallest absolute Gasteiger partial charge is 0.214 e. The summed E-state index contributed by atoms with van der Waals surface area (Å²) in [7, 11) is 0. The SMILES string of the molecule is Cc1ccc(C)c(-n2nnnc2SC(C)C(=O)c2ccc(F)c(F)c2)c1. The fourth-order valence-electron chi connectivity index (χ4n) is 2.45. The van der Waals surface area contributed by atoms with E-state index in [0.29, 0.717) is 5.16 Å². The maximum absolute atomic E-state index is 13.4. The van der Waals surface area contributed by atoms with E-state index in [4.69, 9.17) is 0 Å². The number of aryl methyl sites for hydroxylation is 2. The van der Waals surface area contributed by atoms with Gasteiger partial charge in [0, 0.05) is 5.56 Å². The number of tetrazole rings is 1. The summed E-state index contributed by atoms with van der Waals surface area (Å²) in [6.45, 7) is 5.59. The molecule has 26 heavy (non-hydrogen) atoms. The number of hydrogen-bond acceptors (Lipinski definition) is 5. The number of ketones is 1. The molecule has 0 aliphatic rings. The van der Waals surface area contributed by atoms with Crippen molar-refractivity contribution in [1.82, 2.24) is 20.2 Å². The highest BCUT2D eigenvalue weighted by molar-refractivity contribution is 8.00. The average Bonchev–Trinajstić information content (AvgIpc) is 3.06. The van der Waals surface area contributed by atoms with E-state index >= 15 is 0 Å². The lowest BCUT2D eigenvalue weighted by molar-refractivity contribution is 0.0993. The molecular weight excluding hydrogens is 358 g/mol. The normalized spacial score (nSPS) is 12.2. The Bertz CT molecular complexity index is 974. The second-order valence-corrected chi connectivity index (χ2v) is 7.22. The molecule has 0 N–H and O–H groups in total. The Morgan fingerprint density at radius 1 is 1.12 bits per heavy atom. The van der Waals surface area contributed by atoms with Crippen LogP contribution in [0.25, 0.3) is 5.69 Å². The van der Waals surface area contributed by atoms with Crippen LogP contribution in [0.5, 0.6) is 0 Å². The van der Waals surface area contributed by atoms with Crippen molar-refractivity contribution in [3.05, 3.63) is 64.7 Å². The fraction of sp³-hybridized carbons (Fsp3) is 0.222. The van der Waals surface area contributed by atoms with Gasteiger partial charge in [0.15, 0.2) is 17.4 Å². The summed E-state index contributed by atoms with van der Waals surface area (Å²) >= 11 is 1.16. The predicted molar refractivity (Wildman–Crippen MR) is 94.6 cm³/mol. The number of halogens is 2. The van der Waals surface area contributed by atoms with Crippen LogP contribution in [-0.2, 0) is 0 Å². The van der Waals surface area contributed by atoms with Crippen LogP contribution >= 0.6 is 11.8 Å². The molecule has 0 saturated carbocycles. The number of nitrogens with zero attached hydrogens (tertiary/aromatic N) is 4. The van der Waals surface area contributed by atoms with Crippen LogP contribution in [0.2, 0.25) is 0 Å². The third-order valence-electron chi connectivity index (χ3n) is 3.89. The predicted octanol–water partition coefficient (Wildman–Crippen LogP) is 3.92. The minimum atomic E-state index is -1.05. The lowest BCUT2D eigenvalue weighted by Gasteiger charge is -2.12. The average molecular weight is 374 g/mol. The molecule has 5 nitrogen and oxygen atoms in total. The molecular formula is C18H16F2N4OS. The summed E-state index contributed by atoms with van der Waals surface area (Å²) < 4.78 is 28.0. The second kappa shape index (κ2) is 7.33. The van der Waals surface area contributed by atoms with Gasteiger partial charge in [0.2, 0.25) is 5.16 Å². The molecule has 0 fully saturated rings. The summed E-state index contributed by atoms with van der Waals surface area (Å²) in [4.78, 5) is 12.5. The quantitative estimate of drug-likeness (QED) is 0.500. The highest BCUT2D eigenvalue weighted by atomic mass is 32.2. The van der Waals surface area contributed by atoms with Crippen LogP contribution in [0.1, 0.15) is 28.4 Å². The number of Topliss-reactive ketones (excluding diaryl/α,β-unsaturated/α-hetero) is 1. The van der Waals surface area contributed by atoms with Crippen molar-refractivity contribution in [2.75, 3.05) is 0 Å². The number of hydrogen-bond donors (Lipinski definition) is 0. The Kier molecular flexibility index (Phi) is 5.13. The van der Waals surface area contributed by atoms with Crippen LogP contribution in [-0.4, -0.2) is 31.2 Å². The summed E-state index contributed by atoms with van der Waals surface area (Å²) in [6, 6.07) is 9.04. The van der Waals surface area contributed by atoms with E-state index in [1.54, 1.807) is 11.6 Å². The molecule has 0 aliphatic heterocycles. The first-order valence-electron chi connectivity index (χ1n) is 7.88. The molecule has 1 heterocycles. The monoisotopic (exact) mass is 374 g/mol. The summed E-state index contributed by atoms with van der Waals surface area (Å²) in [5.41, 5.74) is 2.98. The molecule has 8 heteroatoms. The van der Waals surface area contributed by atoms with Gasteiger partial charge in [0.05, 0.1) is 10.9 Å². The number of carbonyl (C=O) groups is 1. The summed E-state index contributed by atoms with van der Waals surface area (Å²) in [6.07, 6.45) is 0. The second-order valence-electron chi connectivity index (χ2n) is 5.92. The molecule has 0 saturated heterocycles. The Labute approximate surface area is 153 Å². The molecule has 1 unspecified atom stereocenters. The Morgan fingerprint density at radius 2 is 1.88 bits per heavy atom. The molecule has 0 aliphatic carbocycles. The summed E-state index contributed by atoms with van der Waals surface area (Å²) in [5.74, 6) is -2.36. The number of rotatable bonds is 5. The van der Waals surface area contributed by atoms with Crippen molar-refractivity contribution in [2.24, 2.45) is 0 Å². The van der Waals surface area contributed by atoms with Crippen molar-refractivity contribution >= 4 is 17.5 Å². The zero-order valence-corrected chi connectivity index (χ0v) is 15.2. The third kappa shape index (κ3) is 3.65. The largest absolute Gasteiger partial charge is 0.293 e. The van der Waals surface area contributed by atoms with E-state index in [1.165, 1.54) is 6.07 Å². The van der Waals surface area contributed by atoms with Gasteiger partial charge in [-0.05, 0) is 66.6 Å². The van der Waals surface area contributed by atoms with Crippen LogP contribution in [0.15, 0.2) is 41.6 Å². The molecule has 2 aromatic carbocycles. The van der Waals surface area contributed by atoms with Gasteiger partial charge in [0.1, 0.15) is 0 Å². The summed E-state index contributed by atoms with van der Waals surface area (Å²) in [5, 5.41) is 11.6. The number of thioether (sulfide) groups is 1. The highest BCUT2D eigenvalue weighted by Gasteiger charge is 2.22. The minimum absolute atomic E-state index is 0.106. The zero-order chi connectivity index (χ0) is 18.8. The Hall–Kier alpha value is -2.61. The van der Waals surface area contributed by atoms with E-state index in [1.807, 2.05) is 32.0 Å². The molecule has 1 atom stereocenters. The molecule has 3 aromatic rings. The van der Waals surface area contributed by atoms with Crippen LogP contribution in [0.4, 0.5) is 8.78 Å². The van der Waals surface area contributed by atoms with Gasteiger partial charge in [-0.3, -0.25) is 4.79 Å². The van der Waals surface area contributed by atoms with E-state index in [-0.39, 0.29) is 11.3 Å². The molecule has 0 amide bonds. The van der Waals surface area contributed by atoms with Crippen LogP contribution in [0, 0.1) is 25.5 Å². The van der Waals surface area contributed by atoms with Crippen molar-refractivity contribution in [1.29, 1.82) is 0 Å². The number of benzene rings is 2. The van der Waals surface area contributed by atoms with Gasteiger partial charge in [-0.25, -0.2) is 8.78 Å². The lowest BCUT2D eigenvalue weighted by Crippen LogP contribution is -2.15. The lowest BCUT2D eigenvalue weighted by atomic mass is 10.1. The first-order chi connectivity index (χ1) is 12.4. The highest BCUT2D eigenvalue weighted by Crippen LogP contribution is 2.27. The maximum Gasteiger partial charge on any atom is 0.214 e. The Morgan fingerprint density at radius 3 is 2.62 bits per heavy atom. The van der Waals surface area contributed by atoms with Gasteiger partial charge in [-0.1, -0.05) is 23.9 Å². The molecule has 0 radical (unpaired) electrons. The van der Waals surface area contributed by atoms with E-state index < -0.39 is 16.9 Å². The van der Waals surface area contributed by atoms with Crippen LogP contribution in [0.3, 0.4) is 0 Å². The first kappa shape index (κ1) is 18.2. The topological polar surface area (TPSA) is 60.7 Å². The molecule has 1 aromatic heterocycles. The number of carbonyl (C=O) groups excluding carboxylic acids is 1.